The van der Waals surface area contributed by atoms with Crippen molar-refractivity contribution >= 4 is 11.9 Å². The van der Waals surface area contributed by atoms with Crippen molar-refractivity contribution < 1.29 is 14.5 Å². The molecule has 1 aliphatic carbocycles. The summed E-state index contributed by atoms with van der Waals surface area (Å²) in [5.41, 5.74) is 0. The van der Waals surface area contributed by atoms with Gasteiger partial charge in [0.05, 0.1) is 12.6 Å². The summed E-state index contributed by atoms with van der Waals surface area (Å²) in [4.78, 5) is 24.9. The molecule has 3 amide bonds. The number of carbonyl (C=O) groups excluding carboxylic acids is 2. The molecule has 0 aromatic rings. The van der Waals surface area contributed by atoms with Crippen LogP contribution in [0.2, 0.25) is 0 Å². The Bertz CT molecular complexity index is 355. The van der Waals surface area contributed by atoms with Gasteiger partial charge in [0, 0.05) is 12.0 Å². The Balaban J connectivity index is 1.82. The van der Waals surface area contributed by atoms with Gasteiger partial charge in [-0.25, -0.2) is 4.79 Å². The molecule has 0 aromatic carbocycles. The summed E-state index contributed by atoms with van der Waals surface area (Å²) in [5.74, 6) is 0.647. The zero-order chi connectivity index (χ0) is 14.5. The monoisotopic (exact) mass is 282 g/mol. The molecule has 5 nitrogen and oxygen atoms in total. The van der Waals surface area contributed by atoms with E-state index in [2.05, 4.69) is 10.6 Å². The van der Waals surface area contributed by atoms with E-state index in [1.807, 2.05) is 13.8 Å². The SMILES string of the molecule is CC(C)NC(=O)NC(=O)C[NH+]1CCC[C@H]2CCCC[C@@H]21. The van der Waals surface area contributed by atoms with Crippen LogP contribution in [0, 0.1) is 5.92 Å². The normalized spacial score (nSPS) is 29.6. The highest BCUT2D eigenvalue weighted by Gasteiger charge is 2.37. The molecule has 3 atom stereocenters. The number of hydrogen-bond donors (Lipinski definition) is 3. The summed E-state index contributed by atoms with van der Waals surface area (Å²) in [6, 6.07) is 0.311. The molecule has 3 N–H and O–H groups in total. The first-order chi connectivity index (χ1) is 9.56. The van der Waals surface area contributed by atoms with Crippen molar-refractivity contribution in [3.63, 3.8) is 0 Å². The van der Waals surface area contributed by atoms with Crippen molar-refractivity contribution in [2.24, 2.45) is 5.92 Å². The van der Waals surface area contributed by atoms with Crippen LogP contribution in [-0.4, -0.2) is 37.1 Å². The largest absolute Gasteiger partial charge is 0.336 e. The lowest BCUT2D eigenvalue weighted by molar-refractivity contribution is -0.928. The fourth-order valence-corrected chi connectivity index (χ4v) is 3.76. The average molecular weight is 282 g/mol. The molecule has 20 heavy (non-hydrogen) atoms. The molecule has 0 spiro atoms. The Morgan fingerprint density at radius 2 is 1.85 bits per heavy atom. The third-order valence-electron chi connectivity index (χ3n) is 4.57. The van der Waals surface area contributed by atoms with E-state index in [1.54, 1.807) is 0 Å². The Labute approximate surface area is 121 Å². The summed E-state index contributed by atoms with van der Waals surface area (Å²) >= 11 is 0. The van der Waals surface area contributed by atoms with Gasteiger partial charge >= 0.3 is 6.03 Å². The van der Waals surface area contributed by atoms with Gasteiger partial charge in [0.1, 0.15) is 0 Å². The Hall–Kier alpha value is -1.10. The van der Waals surface area contributed by atoms with Gasteiger partial charge in [-0.15, -0.1) is 0 Å². The van der Waals surface area contributed by atoms with Crippen LogP contribution in [0.5, 0.6) is 0 Å². The lowest BCUT2D eigenvalue weighted by Crippen LogP contribution is -3.18. The third kappa shape index (κ3) is 4.20. The molecule has 0 bridgehead atoms. The van der Waals surface area contributed by atoms with Crippen LogP contribution in [-0.2, 0) is 4.79 Å². The molecule has 1 saturated heterocycles. The molecule has 1 unspecified atom stereocenters. The van der Waals surface area contributed by atoms with Gasteiger partial charge in [-0.1, -0.05) is 6.42 Å². The molecule has 0 radical (unpaired) electrons. The number of likely N-dealkylation sites (tertiary alicyclic amines) is 1. The molecular formula is C15H28N3O2+. The van der Waals surface area contributed by atoms with E-state index in [1.165, 1.54) is 43.4 Å². The molecule has 0 aromatic heterocycles. The van der Waals surface area contributed by atoms with Crippen LogP contribution in [0.1, 0.15) is 52.4 Å². The predicted molar refractivity (Wildman–Crippen MR) is 77.5 cm³/mol. The number of hydrogen-bond acceptors (Lipinski definition) is 2. The summed E-state index contributed by atoms with van der Waals surface area (Å²) in [6.07, 6.45) is 7.73. The van der Waals surface area contributed by atoms with Gasteiger partial charge in [0.2, 0.25) is 0 Å². The van der Waals surface area contributed by atoms with Gasteiger partial charge in [0.15, 0.2) is 6.54 Å². The van der Waals surface area contributed by atoms with E-state index in [9.17, 15) is 9.59 Å². The maximum Gasteiger partial charge on any atom is 0.321 e. The van der Waals surface area contributed by atoms with Crippen molar-refractivity contribution in [3.05, 3.63) is 0 Å². The highest BCUT2D eigenvalue weighted by atomic mass is 16.2. The summed E-state index contributed by atoms with van der Waals surface area (Å²) in [6.45, 7) is 5.27. The lowest BCUT2D eigenvalue weighted by Gasteiger charge is -2.40. The van der Waals surface area contributed by atoms with Crippen molar-refractivity contribution in [2.75, 3.05) is 13.1 Å². The standard InChI is InChI=1S/C15H27N3O2/c1-11(2)16-15(20)17-14(19)10-18-9-5-7-12-6-3-4-8-13(12)18/h11-13H,3-10H2,1-2H3,(H2,16,17,19,20)/p+1/t12-,13+/m1/s1. The summed E-state index contributed by atoms with van der Waals surface area (Å²) in [5, 5.41) is 5.13. The Kier molecular flexibility index (Phi) is 5.40. The van der Waals surface area contributed by atoms with Crippen LogP contribution < -0.4 is 15.5 Å². The van der Waals surface area contributed by atoms with E-state index >= 15 is 0 Å². The maximum absolute atomic E-state index is 12.0. The molecule has 1 saturated carbocycles. The summed E-state index contributed by atoms with van der Waals surface area (Å²) in [7, 11) is 0. The number of fused-ring (bicyclic) bond motifs is 1. The number of carbonyl (C=O) groups is 2. The fraction of sp³-hybridized carbons (Fsp3) is 0.867. The number of quaternary nitrogens is 1. The van der Waals surface area contributed by atoms with Crippen LogP contribution in [0.15, 0.2) is 0 Å². The second-order valence-corrected chi connectivity index (χ2v) is 6.55. The lowest BCUT2D eigenvalue weighted by atomic mass is 9.78. The topological polar surface area (TPSA) is 62.6 Å². The third-order valence-corrected chi connectivity index (χ3v) is 4.57. The highest BCUT2D eigenvalue weighted by Crippen LogP contribution is 2.28. The minimum Gasteiger partial charge on any atom is -0.336 e. The minimum absolute atomic E-state index is 0.0489. The number of imide groups is 1. The number of urea groups is 1. The first-order valence-electron chi connectivity index (χ1n) is 8.01. The Morgan fingerprint density at radius 3 is 2.60 bits per heavy atom. The second-order valence-electron chi connectivity index (χ2n) is 6.55. The van der Waals surface area contributed by atoms with E-state index in [0.29, 0.717) is 12.6 Å². The predicted octanol–water partition coefficient (Wildman–Crippen LogP) is 0.458. The molecule has 2 fully saturated rings. The average Bonchev–Trinajstić information content (AvgIpc) is 2.38. The molecule has 1 aliphatic heterocycles. The first kappa shape index (κ1) is 15.3. The van der Waals surface area contributed by atoms with Gasteiger partial charge < -0.3 is 10.2 Å². The first-order valence-corrected chi connectivity index (χ1v) is 8.01. The zero-order valence-electron chi connectivity index (χ0n) is 12.7. The van der Waals surface area contributed by atoms with Gasteiger partial charge in [-0.2, -0.15) is 0 Å². The maximum atomic E-state index is 12.0. The van der Waals surface area contributed by atoms with Crippen molar-refractivity contribution in [3.8, 4) is 0 Å². The van der Waals surface area contributed by atoms with Crippen LogP contribution in [0.4, 0.5) is 4.79 Å². The van der Waals surface area contributed by atoms with Crippen LogP contribution in [0.3, 0.4) is 0 Å². The molecule has 2 rings (SSSR count). The number of rotatable bonds is 3. The minimum atomic E-state index is -0.374. The second kappa shape index (κ2) is 7.07. The van der Waals surface area contributed by atoms with Crippen LogP contribution in [0.25, 0.3) is 0 Å². The quantitative estimate of drug-likeness (QED) is 0.704. The Morgan fingerprint density at radius 1 is 1.15 bits per heavy atom. The molecule has 114 valence electrons. The van der Waals surface area contributed by atoms with Gasteiger partial charge in [0.25, 0.3) is 5.91 Å². The van der Waals surface area contributed by atoms with E-state index in [-0.39, 0.29) is 18.0 Å². The fourth-order valence-electron chi connectivity index (χ4n) is 3.76. The van der Waals surface area contributed by atoms with Crippen LogP contribution >= 0.6 is 0 Å². The van der Waals surface area contributed by atoms with Crippen molar-refractivity contribution in [1.29, 1.82) is 0 Å². The number of nitrogens with one attached hydrogen (secondary N) is 3. The van der Waals surface area contributed by atoms with Crippen molar-refractivity contribution in [2.45, 2.75) is 64.5 Å². The van der Waals surface area contributed by atoms with E-state index < -0.39 is 0 Å². The highest BCUT2D eigenvalue weighted by molar-refractivity contribution is 5.94. The van der Waals surface area contributed by atoms with Gasteiger partial charge in [-0.05, 0) is 46.0 Å². The summed E-state index contributed by atoms with van der Waals surface area (Å²) < 4.78 is 0. The smallest absolute Gasteiger partial charge is 0.321 e. The van der Waals surface area contributed by atoms with Crippen molar-refractivity contribution in [1.82, 2.24) is 10.6 Å². The molecule has 5 heteroatoms. The van der Waals surface area contributed by atoms with Gasteiger partial charge in [-0.3, -0.25) is 10.1 Å². The number of piperidine rings is 1. The molecule has 1 heterocycles. The zero-order valence-corrected chi connectivity index (χ0v) is 12.7. The molecule has 2 aliphatic rings. The van der Waals surface area contributed by atoms with E-state index in [0.717, 1.165) is 12.5 Å². The van der Waals surface area contributed by atoms with E-state index in [4.69, 9.17) is 0 Å². The number of amides is 3. The molecular weight excluding hydrogens is 254 g/mol.